The second-order valence-corrected chi connectivity index (χ2v) is 8.61. The van der Waals surface area contributed by atoms with Crippen LogP contribution in [-0.4, -0.2) is 41.0 Å². The van der Waals surface area contributed by atoms with Gasteiger partial charge in [0.15, 0.2) is 0 Å². The number of rotatable bonds is 4. The lowest BCUT2D eigenvalue weighted by atomic mass is 9.98. The number of fused-ring (bicyclic) bond motifs is 1. The van der Waals surface area contributed by atoms with E-state index >= 15 is 0 Å². The van der Waals surface area contributed by atoms with Crippen molar-refractivity contribution in [2.75, 3.05) is 19.6 Å². The number of hydrogen-bond acceptors (Lipinski definition) is 5. The Hall–Kier alpha value is -1.97. The molecule has 2 aliphatic rings. The molecule has 1 saturated carbocycles. The number of nitrogens with zero attached hydrogens (tertiary/aromatic N) is 3. The third kappa shape index (κ3) is 3.60. The Labute approximate surface area is 158 Å². The molecule has 0 spiro atoms. The zero-order valence-electron chi connectivity index (χ0n) is 14.9. The number of piperidine rings is 1. The van der Waals surface area contributed by atoms with Crippen molar-refractivity contribution in [1.82, 2.24) is 15.2 Å². The lowest BCUT2D eigenvalue weighted by Crippen LogP contribution is -2.50. The van der Waals surface area contributed by atoms with Crippen LogP contribution in [0.3, 0.4) is 0 Å². The number of para-hydroxylation sites is 1. The molecule has 6 heteroatoms. The van der Waals surface area contributed by atoms with Crippen LogP contribution >= 0.6 is 11.3 Å². The number of likely N-dealkylation sites (tertiary alicyclic amines) is 1. The van der Waals surface area contributed by atoms with Gasteiger partial charge in [0.25, 0.3) is 0 Å². The summed E-state index contributed by atoms with van der Waals surface area (Å²) in [5.74, 6) is 0.378. The van der Waals surface area contributed by atoms with Crippen LogP contribution in [0.25, 0.3) is 10.2 Å². The Balaban J connectivity index is 1.39. The number of amides is 1. The zero-order chi connectivity index (χ0) is 18.0. The number of carbonyl (C=O) groups excluding carboxylic acids is 1. The summed E-state index contributed by atoms with van der Waals surface area (Å²) in [7, 11) is 0. The average Bonchev–Trinajstić information content (AvgIpc) is 3.29. The molecule has 1 amide bonds. The van der Waals surface area contributed by atoms with Crippen LogP contribution in [0.4, 0.5) is 0 Å². The Bertz CT molecular complexity index is 801. The van der Waals surface area contributed by atoms with Gasteiger partial charge >= 0.3 is 0 Å². The Morgan fingerprint density at radius 2 is 2.15 bits per heavy atom. The van der Waals surface area contributed by atoms with Gasteiger partial charge in [0.1, 0.15) is 5.54 Å². The summed E-state index contributed by atoms with van der Waals surface area (Å²) in [6.45, 7) is 2.19. The van der Waals surface area contributed by atoms with E-state index < -0.39 is 5.54 Å². The molecule has 1 atom stereocenters. The summed E-state index contributed by atoms with van der Waals surface area (Å²) in [4.78, 5) is 19.5. The van der Waals surface area contributed by atoms with Crippen LogP contribution in [0, 0.1) is 11.3 Å². The molecule has 0 unspecified atom stereocenters. The summed E-state index contributed by atoms with van der Waals surface area (Å²) in [5, 5.41) is 13.6. The monoisotopic (exact) mass is 368 g/mol. The number of hydrogen-bond donors (Lipinski definition) is 1. The first kappa shape index (κ1) is 17.4. The molecule has 5 nitrogen and oxygen atoms in total. The molecule has 2 heterocycles. The van der Waals surface area contributed by atoms with Crippen molar-refractivity contribution in [3.05, 3.63) is 29.3 Å². The third-order valence-electron chi connectivity index (χ3n) is 5.58. The van der Waals surface area contributed by atoms with E-state index in [-0.39, 0.29) is 5.91 Å². The number of aromatic nitrogens is 1. The molecule has 1 aromatic carbocycles. The van der Waals surface area contributed by atoms with Crippen molar-refractivity contribution in [1.29, 1.82) is 5.26 Å². The molecule has 26 heavy (non-hydrogen) atoms. The van der Waals surface area contributed by atoms with Crippen LogP contribution < -0.4 is 5.32 Å². The molecule has 136 valence electrons. The van der Waals surface area contributed by atoms with Crippen molar-refractivity contribution < 1.29 is 4.79 Å². The molecule has 1 N–H and O–H groups in total. The van der Waals surface area contributed by atoms with Crippen molar-refractivity contribution >= 4 is 27.5 Å². The molecule has 0 radical (unpaired) electrons. The number of benzene rings is 1. The minimum absolute atomic E-state index is 0.0154. The lowest BCUT2D eigenvalue weighted by molar-refractivity contribution is -0.123. The highest BCUT2D eigenvalue weighted by molar-refractivity contribution is 7.18. The highest BCUT2D eigenvalue weighted by atomic mass is 32.1. The lowest BCUT2D eigenvalue weighted by Gasteiger charge is -2.32. The highest BCUT2D eigenvalue weighted by Gasteiger charge is 2.36. The smallest absolute Gasteiger partial charge is 0.235 e. The van der Waals surface area contributed by atoms with Crippen molar-refractivity contribution in [2.45, 2.75) is 50.0 Å². The van der Waals surface area contributed by atoms with Gasteiger partial charge in [0.05, 0.1) is 27.8 Å². The van der Waals surface area contributed by atoms with Crippen LogP contribution in [0.5, 0.6) is 0 Å². The second kappa shape index (κ2) is 7.34. The van der Waals surface area contributed by atoms with E-state index in [1.807, 2.05) is 6.07 Å². The fourth-order valence-corrected chi connectivity index (χ4v) is 5.31. The van der Waals surface area contributed by atoms with Gasteiger partial charge in [-0.15, -0.1) is 11.3 Å². The molecule has 1 aliphatic carbocycles. The fourth-order valence-electron chi connectivity index (χ4n) is 4.22. The van der Waals surface area contributed by atoms with Gasteiger partial charge in [0.2, 0.25) is 5.91 Å². The van der Waals surface area contributed by atoms with Crippen LogP contribution in [0.15, 0.2) is 24.3 Å². The molecule has 1 aliphatic heterocycles. The van der Waals surface area contributed by atoms with Gasteiger partial charge in [-0.1, -0.05) is 12.1 Å². The van der Waals surface area contributed by atoms with Crippen LogP contribution in [0.1, 0.15) is 49.5 Å². The summed E-state index contributed by atoms with van der Waals surface area (Å²) < 4.78 is 1.23. The van der Waals surface area contributed by atoms with E-state index in [4.69, 9.17) is 4.98 Å². The molecule has 2 aromatic rings. The van der Waals surface area contributed by atoms with E-state index in [0.29, 0.717) is 12.5 Å². The molecule has 4 rings (SSSR count). The normalized spacial score (nSPS) is 23.0. The predicted octanol–water partition coefficient (Wildman–Crippen LogP) is 3.43. The van der Waals surface area contributed by atoms with E-state index in [9.17, 15) is 10.1 Å². The third-order valence-corrected chi connectivity index (χ3v) is 6.78. The number of nitrogens with one attached hydrogen (secondary N) is 1. The molecular weight excluding hydrogens is 344 g/mol. The largest absolute Gasteiger partial charge is 0.337 e. The maximum atomic E-state index is 12.5. The average molecular weight is 369 g/mol. The maximum absolute atomic E-state index is 12.5. The fraction of sp³-hybridized carbons (Fsp3) is 0.550. The summed E-state index contributed by atoms with van der Waals surface area (Å²) in [6.07, 6.45) is 5.82. The van der Waals surface area contributed by atoms with Gasteiger partial charge in [-0.25, -0.2) is 4.98 Å². The van der Waals surface area contributed by atoms with E-state index in [1.165, 1.54) is 9.71 Å². The minimum Gasteiger partial charge on any atom is -0.337 e. The summed E-state index contributed by atoms with van der Waals surface area (Å²) in [5.41, 5.74) is 0.443. The molecule has 0 bridgehead atoms. The topological polar surface area (TPSA) is 69.0 Å². The van der Waals surface area contributed by atoms with Crippen molar-refractivity contribution in [3.63, 3.8) is 0 Å². The number of carbonyl (C=O) groups is 1. The zero-order valence-corrected chi connectivity index (χ0v) is 15.7. The van der Waals surface area contributed by atoms with Gasteiger partial charge in [-0.3, -0.25) is 9.69 Å². The Kier molecular flexibility index (Phi) is 4.92. The van der Waals surface area contributed by atoms with Gasteiger partial charge < -0.3 is 5.32 Å². The van der Waals surface area contributed by atoms with Crippen LogP contribution in [-0.2, 0) is 4.79 Å². The first-order chi connectivity index (χ1) is 12.7. The van der Waals surface area contributed by atoms with Gasteiger partial charge in [-0.05, 0) is 57.2 Å². The van der Waals surface area contributed by atoms with Gasteiger partial charge in [0, 0.05) is 12.5 Å². The summed E-state index contributed by atoms with van der Waals surface area (Å²) >= 11 is 1.77. The Morgan fingerprint density at radius 3 is 2.92 bits per heavy atom. The first-order valence-corrected chi connectivity index (χ1v) is 10.3. The second-order valence-electron chi connectivity index (χ2n) is 7.54. The maximum Gasteiger partial charge on any atom is 0.235 e. The summed E-state index contributed by atoms with van der Waals surface area (Å²) in [6, 6.07) is 10.6. The van der Waals surface area contributed by atoms with Crippen molar-refractivity contribution in [3.8, 4) is 6.07 Å². The minimum atomic E-state index is -0.626. The Morgan fingerprint density at radius 1 is 1.35 bits per heavy atom. The number of thiazole rings is 1. The molecule has 1 saturated heterocycles. The van der Waals surface area contributed by atoms with E-state index in [2.05, 4.69) is 34.5 Å². The molecule has 2 fully saturated rings. The number of nitriles is 1. The first-order valence-electron chi connectivity index (χ1n) is 9.48. The predicted molar refractivity (Wildman–Crippen MR) is 103 cm³/mol. The SMILES string of the molecule is N#CC1(NC(=O)CN2CCC[C@@H](c3nc4ccccc4s3)C2)CCCC1. The van der Waals surface area contributed by atoms with Crippen LogP contribution in [0.2, 0.25) is 0 Å². The molecular formula is C20H24N4OS. The van der Waals surface area contributed by atoms with Gasteiger partial charge in [-0.2, -0.15) is 5.26 Å². The quantitative estimate of drug-likeness (QED) is 0.898. The van der Waals surface area contributed by atoms with E-state index in [0.717, 1.165) is 57.1 Å². The van der Waals surface area contributed by atoms with Crippen molar-refractivity contribution in [2.24, 2.45) is 0 Å². The standard InChI is InChI=1S/C20H24N4OS/c21-14-20(9-3-4-10-20)23-18(25)13-24-11-5-6-15(12-24)19-22-16-7-1-2-8-17(16)26-19/h1-2,7-8,15H,3-6,9-13H2,(H,23,25)/t15-/m1/s1. The highest BCUT2D eigenvalue weighted by Crippen LogP contribution is 2.33. The van der Waals surface area contributed by atoms with E-state index in [1.54, 1.807) is 11.3 Å². The molecule has 1 aromatic heterocycles.